The van der Waals surface area contributed by atoms with Crippen LogP contribution in [0.15, 0.2) is 35.8 Å². The highest BCUT2D eigenvalue weighted by Gasteiger charge is 2.37. The topological polar surface area (TPSA) is 69.2 Å². The first-order chi connectivity index (χ1) is 15.2. The molecule has 4 heterocycles. The number of ether oxygens (including phenoxy) is 1. The van der Waals surface area contributed by atoms with Gasteiger partial charge in [0.2, 0.25) is 0 Å². The maximum Gasteiger partial charge on any atom is 0.282 e. The Labute approximate surface area is 186 Å². The van der Waals surface area contributed by atoms with E-state index >= 15 is 0 Å². The molecule has 0 bridgehead atoms. The fourth-order valence-electron chi connectivity index (χ4n) is 4.43. The summed E-state index contributed by atoms with van der Waals surface area (Å²) < 4.78 is 5.40. The number of hydrogen-bond donors (Lipinski definition) is 0. The number of amides is 2. The van der Waals surface area contributed by atoms with Gasteiger partial charge in [-0.2, -0.15) is 0 Å². The molecule has 3 aliphatic rings. The van der Waals surface area contributed by atoms with Gasteiger partial charge in [0, 0.05) is 81.2 Å². The monoisotopic (exact) mass is 441 g/mol. The molecule has 2 aromatic rings. The van der Waals surface area contributed by atoms with Crippen LogP contribution in [-0.2, 0) is 4.74 Å². The Morgan fingerprint density at radius 2 is 1.61 bits per heavy atom. The molecule has 1 aromatic carbocycles. The molecular weight excluding hydrogens is 414 g/mol. The van der Waals surface area contributed by atoms with Crippen LogP contribution in [0.3, 0.4) is 0 Å². The Kier molecular flexibility index (Phi) is 5.89. The summed E-state index contributed by atoms with van der Waals surface area (Å²) in [6.07, 6.45) is 1.67. The lowest BCUT2D eigenvalue weighted by atomic mass is 10.0. The van der Waals surface area contributed by atoms with Crippen LogP contribution in [0.1, 0.15) is 20.2 Å². The average Bonchev–Trinajstić information content (AvgIpc) is 3.34. The van der Waals surface area contributed by atoms with Crippen LogP contribution < -0.4 is 4.90 Å². The van der Waals surface area contributed by atoms with E-state index in [9.17, 15) is 9.59 Å². The van der Waals surface area contributed by atoms with E-state index in [-0.39, 0.29) is 11.8 Å². The molecule has 3 saturated heterocycles. The van der Waals surface area contributed by atoms with Crippen LogP contribution in [0.2, 0.25) is 0 Å². The highest BCUT2D eigenvalue weighted by molar-refractivity contribution is 7.11. The van der Waals surface area contributed by atoms with E-state index in [0.717, 1.165) is 63.7 Å². The molecule has 3 fully saturated rings. The largest absolute Gasteiger partial charge is 0.378 e. The lowest BCUT2D eigenvalue weighted by Crippen LogP contribution is -2.64. The molecule has 0 unspecified atom stereocenters. The van der Waals surface area contributed by atoms with E-state index in [1.807, 2.05) is 39.4 Å². The fourth-order valence-corrected chi connectivity index (χ4v) is 5.03. The third-order valence-electron chi connectivity index (χ3n) is 6.37. The van der Waals surface area contributed by atoms with Gasteiger partial charge in [-0.15, -0.1) is 11.3 Å². The lowest BCUT2D eigenvalue weighted by molar-refractivity contribution is 0.00853. The second-order valence-corrected chi connectivity index (χ2v) is 9.07. The van der Waals surface area contributed by atoms with E-state index in [0.29, 0.717) is 24.1 Å². The number of morpholine rings is 1. The molecule has 1 aromatic heterocycles. The molecule has 0 N–H and O–H groups in total. The number of carbonyl (C=O) groups is 2. The van der Waals surface area contributed by atoms with Crippen molar-refractivity contribution in [3.63, 3.8) is 0 Å². The average molecular weight is 442 g/mol. The smallest absolute Gasteiger partial charge is 0.282 e. The number of thiazole rings is 1. The molecule has 3 aliphatic heterocycles. The van der Waals surface area contributed by atoms with Crippen molar-refractivity contribution in [2.45, 2.75) is 6.04 Å². The van der Waals surface area contributed by atoms with Crippen LogP contribution >= 0.6 is 11.3 Å². The zero-order valence-electron chi connectivity index (χ0n) is 17.5. The second kappa shape index (κ2) is 8.94. The molecule has 8 nitrogen and oxygen atoms in total. The molecule has 31 heavy (non-hydrogen) atoms. The zero-order valence-corrected chi connectivity index (χ0v) is 18.3. The van der Waals surface area contributed by atoms with Gasteiger partial charge in [0.25, 0.3) is 11.8 Å². The molecule has 0 spiro atoms. The van der Waals surface area contributed by atoms with E-state index in [1.54, 1.807) is 6.20 Å². The number of likely N-dealkylation sites (tertiary alicyclic amines) is 1. The van der Waals surface area contributed by atoms with Crippen molar-refractivity contribution in [2.75, 3.05) is 70.5 Å². The summed E-state index contributed by atoms with van der Waals surface area (Å²) in [6.45, 7) is 7.92. The van der Waals surface area contributed by atoms with Crippen molar-refractivity contribution in [3.05, 3.63) is 46.4 Å². The van der Waals surface area contributed by atoms with Crippen molar-refractivity contribution in [1.29, 1.82) is 0 Å². The molecule has 9 heteroatoms. The molecule has 164 valence electrons. The van der Waals surface area contributed by atoms with Crippen LogP contribution in [0.5, 0.6) is 0 Å². The third kappa shape index (κ3) is 4.30. The number of anilines is 1. The zero-order chi connectivity index (χ0) is 21.2. The van der Waals surface area contributed by atoms with Crippen LogP contribution in [0, 0.1) is 0 Å². The molecule has 5 rings (SSSR count). The first kappa shape index (κ1) is 20.4. The van der Waals surface area contributed by atoms with E-state index < -0.39 is 0 Å². The van der Waals surface area contributed by atoms with Gasteiger partial charge < -0.3 is 19.4 Å². The minimum atomic E-state index is 0.0283. The number of benzene rings is 1. The summed E-state index contributed by atoms with van der Waals surface area (Å²) in [7, 11) is 0. The summed E-state index contributed by atoms with van der Waals surface area (Å²) in [6, 6.07) is 8.32. The van der Waals surface area contributed by atoms with Gasteiger partial charge in [-0.1, -0.05) is 0 Å². The predicted octanol–water partition coefficient (Wildman–Crippen LogP) is 1.26. The Balaban J connectivity index is 1.09. The molecule has 0 saturated carbocycles. The maximum atomic E-state index is 12.8. The summed E-state index contributed by atoms with van der Waals surface area (Å²) in [5.41, 5.74) is 1.89. The highest BCUT2D eigenvalue weighted by Crippen LogP contribution is 2.22. The molecule has 0 radical (unpaired) electrons. The lowest BCUT2D eigenvalue weighted by Gasteiger charge is -2.48. The molecular formula is C22H27N5O3S. The third-order valence-corrected chi connectivity index (χ3v) is 7.13. The number of aromatic nitrogens is 1. The molecule has 0 aliphatic carbocycles. The number of hydrogen-bond acceptors (Lipinski definition) is 7. The van der Waals surface area contributed by atoms with Gasteiger partial charge in [0.1, 0.15) is 0 Å². The first-order valence-electron chi connectivity index (χ1n) is 10.8. The van der Waals surface area contributed by atoms with Gasteiger partial charge in [0.15, 0.2) is 5.01 Å². The quantitative estimate of drug-likeness (QED) is 0.712. The summed E-state index contributed by atoms with van der Waals surface area (Å²) in [4.78, 5) is 37.9. The van der Waals surface area contributed by atoms with Crippen molar-refractivity contribution >= 4 is 28.8 Å². The second-order valence-electron chi connectivity index (χ2n) is 8.18. The van der Waals surface area contributed by atoms with E-state index in [4.69, 9.17) is 4.74 Å². The maximum absolute atomic E-state index is 12.8. The number of nitrogens with zero attached hydrogens (tertiary/aromatic N) is 5. The van der Waals surface area contributed by atoms with Gasteiger partial charge in [-0.25, -0.2) is 4.98 Å². The van der Waals surface area contributed by atoms with Gasteiger partial charge in [0.05, 0.1) is 13.2 Å². The van der Waals surface area contributed by atoms with Crippen LogP contribution in [-0.4, -0.2) is 103 Å². The van der Waals surface area contributed by atoms with Crippen molar-refractivity contribution < 1.29 is 14.3 Å². The number of piperazine rings is 1. The van der Waals surface area contributed by atoms with E-state index in [1.165, 1.54) is 11.3 Å². The predicted molar refractivity (Wildman–Crippen MR) is 119 cm³/mol. The fraction of sp³-hybridized carbons (Fsp3) is 0.500. The Bertz CT molecular complexity index is 900. The minimum absolute atomic E-state index is 0.0283. The molecule has 2 amide bonds. The normalized spacial score (nSPS) is 20.6. The van der Waals surface area contributed by atoms with Gasteiger partial charge in [-0.05, 0) is 24.3 Å². The Morgan fingerprint density at radius 3 is 2.26 bits per heavy atom. The molecule has 0 atom stereocenters. The summed E-state index contributed by atoms with van der Waals surface area (Å²) >= 11 is 1.39. The summed E-state index contributed by atoms with van der Waals surface area (Å²) in [5.74, 6) is 0.128. The minimum Gasteiger partial charge on any atom is -0.378 e. The van der Waals surface area contributed by atoms with Crippen molar-refractivity contribution in [1.82, 2.24) is 19.7 Å². The van der Waals surface area contributed by atoms with Crippen molar-refractivity contribution in [3.8, 4) is 0 Å². The van der Waals surface area contributed by atoms with Gasteiger partial charge in [-0.3, -0.25) is 14.5 Å². The number of carbonyl (C=O) groups excluding carboxylic acids is 2. The van der Waals surface area contributed by atoms with Crippen molar-refractivity contribution in [2.24, 2.45) is 0 Å². The van der Waals surface area contributed by atoms with Crippen LogP contribution in [0.25, 0.3) is 0 Å². The van der Waals surface area contributed by atoms with Gasteiger partial charge >= 0.3 is 0 Å². The highest BCUT2D eigenvalue weighted by atomic mass is 32.1. The SMILES string of the molecule is O=C(c1ccc(N2CCOCC2)cc1)N1CC(N2CCN(C(=O)c3nccs3)CC2)C1. The summed E-state index contributed by atoms with van der Waals surface area (Å²) in [5, 5.41) is 2.40. The standard InChI is InChI=1S/C22H27N5O3S/c28-21(17-1-3-18(4-2-17)25-10-12-30-13-11-25)27-15-19(16-27)24-6-8-26(9-7-24)22(29)20-23-5-14-31-20/h1-5,14,19H,6-13,15-16H2. The first-order valence-corrected chi connectivity index (χ1v) is 11.7. The van der Waals surface area contributed by atoms with E-state index in [2.05, 4.69) is 14.8 Å². The number of rotatable bonds is 4. The Hall–Kier alpha value is -2.49. The van der Waals surface area contributed by atoms with Crippen LogP contribution in [0.4, 0.5) is 5.69 Å². The Morgan fingerprint density at radius 1 is 0.903 bits per heavy atom.